The van der Waals surface area contributed by atoms with E-state index in [-0.39, 0.29) is 17.2 Å². The molecular weight excluding hydrogens is 480 g/mol. The van der Waals surface area contributed by atoms with Crippen LogP contribution in [0.3, 0.4) is 0 Å². The number of piperidine rings is 1. The van der Waals surface area contributed by atoms with Crippen molar-refractivity contribution in [2.75, 3.05) is 24.5 Å². The summed E-state index contributed by atoms with van der Waals surface area (Å²) in [5.74, 6) is 0.850. The van der Waals surface area contributed by atoms with Gasteiger partial charge in [-0.25, -0.2) is 9.97 Å². The lowest BCUT2D eigenvalue weighted by atomic mass is 9.96. The number of hydrogen-bond acceptors (Lipinski definition) is 9. The maximum absolute atomic E-state index is 11.8. The predicted molar refractivity (Wildman–Crippen MR) is 140 cm³/mol. The molecule has 180 valence electrons. The van der Waals surface area contributed by atoms with E-state index in [0.29, 0.717) is 22.5 Å². The number of hydrogen-bond donors (Lipinski definition) is 2. The van der Waals surface area contributed by atoms with Gasteiger partial charge in [-0.2, -0.15) is 11.3 Å². The molecule has 1 atom stereocenters. The van der Waals surface area contributed by atoms with Crippen molar-refractivity contribution >= 4 is 46.3 Å². The average Bonchev–Trinajstić information content (AvgIpc) is 3.53. The topological polar surface area (TPSA) is 100 Å². The van der Waals surface area contributed by atoms with E-state index in [0.717, 1.165) is 61.2 Å². The van der Waals surface area contributed by atoms with E-state index in [1.54, 1.807) is 29.7 Å². The lowest BCUT2D eigenvalue weighted by Gasteiger charge is -2.32. The fraction of sp³-hybridized carbons (Fsp3) is 0.320. The van der Waals surface area contributed by atoms with Gasteiger partial charge in [0, 0.05) is 36.3 Å². The zero-order valence-corrected chi connectivity index (χ0v) is 20.9. The van der Waals surface area contributed by atoms with Crippen molar-refractivity contribution in [1.29, 1.82) is 0 Å². The number of thiophene rings is 1. The number of aromatic nitrogens is 3. The summed E-state index contributed by atoms with van der Waals surface area (Å²) in [6.07, 6.45) is 5.42. The average molecular weight is 507 g/mol. The van der Waals surface area contributed by atoms with Gasteiger partial charge in [0.1, 0.15) is 0 Å². The van der Waals surface area contributed by atoms with Gasteiger partial charge in [-0.3, -0.25) is 19.9 Å². The lowest BCUT2D eigenvalue weighted by molar-refractivity contribution is -0.115. The van der Waals surface area contributed by atoms with E-state index >= 15 is 0 Å². The summed E-state index contributed by atoms with van der Waals surface area (Å²) < 4.78 is 0. The van der Waals surface area contributed by atoms with Crippen LogP contribution in [0.4, 0.5) is 10.7 Å². The quantitative estimate of drug-likeness (QED) is 0.452. The summed E-state index contributed by atoms with van der Waals surface area (Å²) in [5, 5.41) is 9.77. The molecule has 5 heterocycles. The molecule has 2 aliphatic heterocycles. The maximum Gasteiger partial charge on any atom is 0.290 e. The van der Waals surface area contributed by atoms with Gasteiger partial charge in [0.2, 0.25) is 5.95 Å². The molecule has 2 fully saturated rings. The van der Waals surface area contributed by atoms with Crippen molar-refractivity contribution in [3.05, 3.63) is 63.6 Å². The van der Waals surface area contributed by atoms with E-state index in [2.05, 4.69) is 67.5 Å². The molecule has 3 aromatic heterocycles. The highest BCUT2D eigenvalue weighted by atomic mass is 32.2. The summed E-state index contributed by atoms with van der Waals surface area (Å²) in [5.41, 5.74) is 3.86. The van der Waals surface area contributed by atoms with E-state index in [1.165, 1.54) is 0 Å². The summed E-state index contributed by atoms with van der Waals surface area (Å²) in [7, 11) is 0. The third-order valence-electron chi connectivity index (χ3n) is 6.23. The molecule has 2 amide bonds. The number of amides is 2. The van der Waals surface area contributed by atoms with Crippen molar-refractivity contribution in [3.8, 4) is 11.3 Å². The standard InChI is InChI=1S/C25H26N6O2S2/c1-16(20-3-2-4-21(29-20)18-8-12-34-15-18)27-14-17-6-10-31(11-7-17)24-26-9-5-19(28-24)13-22-23(32)30-25(33)35-22/h2-5,8-9,12-13,15-17,27H,6-7,10-11,14H2,1H3,(H,30,32,33)/b22-13+. The maximum atomic E-state index is 11.8. The molecule has 2 N–H and O–H groups in total. The van der Waals surface area contributed by atoms with Crippen LogP contribution < -0.4 is 15.5 Å². The largest absolute Gasteiger partial charge is 0.341 e. The normalized spacial score (nSPS) is 18.8. The van der Waals surface area contributed by atoms with Gasteiger partial charge in [0.15, 0.2) is 0 Å². The van der Waals surface area contributed by atoms with Crippen LogP contribution in [-0.2, 0) is 4.79 Å². The molecule has 0 saturated carbocycles. The first-order valence-electron chi connectivity index (χ1n) is 11.6. The smallest absolute Gasteiger partial charge is 0.290 e. The van der Waals surface area contributed by atoms with Crippen molar-refractivity contribution in [2.24, 2.45) is 5.92 Å². The monoisotopic (exact) mass is 506 g/mol. The highest BCUT2D eigenvalue weighted by molar-refractivity contribution is 8.18. The molecule has 0 radical (unpaired) electrons. The Balaban J connectivity index is 1.14. The van der Waals surface area contributed by atoms with E-state index in [4.69, 9.17) is 4.98 Å². The van der Waals surface area contributed by atoms with Gasteiger partial charge in [-0.15, -0.1) is 0 Å². The number of carbonyl (C=O) groups excluding carboxylic acids is 2. The minimum Gasteiger partial charge on any atom is -0.341 e. The zero-order chi connectivity index (χ0) is 24.2. The number of carbonyl (C=O) groups is 2. The molecule has 35 heavy (non-hydrogen) atoms. The van der Waals surface area contributed by atoms with Gasteiger partial charge < -0.3 is 10.2 Å². The molecule has 10 heteroatoms. The second-order valence-corrected chi connectivity index (χ2v) is 10.4. The van der Waals surface area contributed by atoms with Crippen LogP contribution in [0.2, 0.25) is 0 Å². The number of nitrogens with one attached hydrogen (secondary N) is 2. The van der Waals surface area contributed by atoms with Crippen molar-refractivity contribution in [2.45, 2.75) is 25.8 Å². The molecule has 5 rings (SSSR count). The van der Waals surface area contributed by atoms with Crippen molar-refractivity contribution in [1.82, 2.24) is 25.6 Å². The fourth-order valence-corrected chi connectivity index (χ4v) is 5.52. The lowest BCUT2D eigenvalue weighted by Crippen LogP contribution is -2.38. The van der Waals surface area contributed by atoms with Crippen LogP contribution in [-0.4, -0.2) is 45.7 Å². The SMILES string of the molecule is CC(NCC1CCN(c2nccc(/C=C3/SC(=O)NC3=O)n2)CC1)c1cccc(-c2ccsc2)n1. The predicted octanol–water partition coefficient (Wildman–Crippen LogP) is 4.49. The molecule has 0 aromatic carbocycles. The number of thioether (sulfide) groups is 1. The summed E-state index contributed by atoms with van der Waals surface area (Å²) in [6, 6.07) is 10.2. The zero-order valence-electron chi connectivity index (χ0n) is 19.3. The Hall–Kier alpha value is -3.08. The molecule has 2 aliphatic rings. The Kier molecular flexibility index (Phi) is 7.21. The second-order valence-electron chi connectivity index (χ2n) is 8.65. The number of nitrogens with zero attached hydrogens (tertiary/aromatic N) is 4. The van der Waals surface area contributed by atoms with Crippen LogP contribution in [0.5, 0.6) is 0 Å². The third kappa shape index (κ3) is 5.77. The van der Waals surface area contributed by atoms with E-state index < -0.39 is 0 Å². The number of imide groups is 1. The first-order valence-corrected chi connectivity index (χ1v) is 13.4. The summed E-state index contributed by atoms with van der Waals surface area (Å²) in [6.45, 7) is 4.85. The Morgan fingerprint density at radius 3 is 2.80 bits per heavy atom. The van der Waals surface area contributed by atoms with E-state index in [9.17, 15) is 9.59 Å². The van der Waals surface area contributed by atoms with Crippen molar-refractivity contribution < 1.29 is 9.59 Å². The Bertz CT molecular complexity index is 1240. The Labute approximate surface area is 212 Å². The molecule has 0 bridgehead atoms. The van der Waals surface area contributed by atoms with Crippen LogP contribution in [0.25, 0.3) is 17.3 Å². The van der Waals surface area contributed by atoms with Crippen molar-refractivity contribution in [3.63, 3.8) is 0 Å². The Morgan fingerprint density at radius 2 is 2.06 bits per heavy atom. The van der Waals surface area contributed by atoms with Gasteiger partial charge in [0.05, 0.1) is 22.0 Å². The highest BCUT2D eigenvalue weighted by Gasteiger charge is 2.26. The van der Waals surface area contributed by atoms with E-state index in [1.807, 2.05) is 0 Å². The highest BCUT2D eigenvalue weighted by Crippen LogP contribution is 2.26. The summed E-state index contributed by atoms with van der Waals surface area (Å²) >= 11 is 2.58. The molecule has 1 unspecified atom stereocenters. The first kappa shape index (κ1) is 23.7. The van der Waals surface area contributed by atoms with Gasteiger partial charge in [-0.1, -0.05) is 6.07 Å². The van der Waals surface area contributed by atoms with Crippen LogP contribution in [0.1, 0.15) is 37.2 Å². The summed E-state index contributed by atoms with van der Waals surface area (Å²) in [4.78, 5) is 39.6. The van der Waals surface area contributed by atoms with Crippen LogP contribution in [0, 0.1) is 5.92 Å². The molecule has 0 spiro atoms. The second kappa shape index (κ2) is 10.7. The van der Waals surface area contributed by atoms with Gasteiger partial charge >= 0.3 is 0 Å². The molecule has 2 saturated heterocycles. The molecule has 8 nitrogen and oxygen atoms in total. The molecular formula is C25H26N6O2S2. The fourth-order valence-electron chi connectivity index (χ4n) is 4.20. The van der Waals surface area contributed by atoms with Gasteiger partial charge in [-0.05, 0) is 79.7 Å². The minimum absolute atomic E-state index is 0.178. The minimum atomic E-state index is -0.379. The van der Waals surface area contributed by atoms with Crippen LogP contribution in [0.15, 0.2) is 52.2 Å². The molecule has 0 aliphatic carbocycles. The van der Waals surface area contributed by atoms with Crippen LogP contribution >= 0.6 is 23.1 Å². The first-order chi connectivity index (χ1) is 17.0. The number of anilines is 1. The molecule has 3 aromatic rings. The Morgan fingerprint density at radius 1 is 1.20 bits per heavy atom. The number of pyridine rings is 1. The van der Waals surface area contributed by atoms with Gasteiger partial charge in [0.25, 0.3) is 11.1 Å². The number of rotatable bonds is 7. The third-order valence-corrected chi connectivity index (χ3v) is 7.72.